The van der Waals surface area contributed by atoms with Gasteiger partial charge in [0, 0.05) is 3.57 Å². The second kappa shape index (κ2) is 8.13. The van der Waals surface area contributed by atoms with Gasteiger partial charge in [0.25, 0.3) is 0 Å². The van der Waals surface area contributed by atoms with Crippen LogP contribution >= 0.6 is 22.6 Å². The third-order valence-corrected chi connectivity index (χ3v) is 15.6. The fourth-order valence-corrected chi connectivity index (χ4v) is 4.27. The molecule has 0 fully saturated rings. The van der Waals surface area contributed by atoms with E-state index in [-0.39, 0.29) is 10.1 Å². The molecular formula is C20H37IO2Si2. The molecule has 0 aliphatic heterocycles. The molecule has 0 radical (unpaired) electrons. The number of hydrogen-bond donors (Lipinski definition) is 0. The highest BCUT2D eigenvalue weighted by Gasteiger charge is 2.38. The SMILES string of the molecule is CC(C)(C)[Si](C)(C)OCc1ccc(I)cc1CO[Si](C)(C)C(C)(C)C. The highest BCUT2D eigenvalue weighted by molar-refractivity contribution is 14.1. The molecule has 0 N–H and O–H groups in total. The van der Waals surface area contributed by atoms with Crippen LogP contribution in [-0.4, -0.2) is 16.6 Å². The smallest absolute Gasteiger partial charge is 0.192 e. The molecule has 0 amide bonds. The van der Waals surface area contributed by atoms with E-state index in [0.717, 1.165) is 0 Å². The first-order chi connectivity index (χ1) is 11.1. The molecule has 0 aliphatic carbocycles. The molecule has 0 heterocycles. The predicted molar refractivity (Wildman–Crippen MR) is 123 cm³/mol. The third kappa shape index (κ3) is 6.45. The molecule has 2 nitrogen and oxygen atoms in total. The van der Waals surface area contributed by atoms with E-state index in [2.05, 4.69) is 109 Å². The molecule has 0 unspecified atom stereocenters. The van der Waals surface area contributed by atoms with E-state index < -0.39 is 16.6 Å². The maximum atomic E-state index is 6.47. The minimum atomic E-state index is -1.75. The number of rotatable bonds is 6. The quantitative estimate of drug-likeness (QED) is 0.306. The fourth-order valence-electron chi connectivity index (χ4n) is 1.82. The lowest BCUT2D eigenvalue weighted by molar-refractivity contribution is 0.257. The van der Waals surface area contributed by atoms with Crippen molar-refractivity contribution in [3.05, 3.63) is 32.9 Å². The molecule has 1 aromatic rings. The van der Waals surface area contributed by atoms with Crippen LogP contribution in [0.3, 0.4) is 0 Å². The van der Waals surface area contributed by atoms with E-state index in [1.807, 2.05) is 0 Å². The molecule has 1 rings (SSSR count). The van der Waals surface area contributed by atoms with Crippen molar-refractivity contribution in [3.63, 3.8) is 0 Å². The zero-order valence-electron chi connectivity index (χ0n) is 17.8. The fraction of sp³-hybridized carbons (Fsp3) is 0.700. The van der Waals surface area contributed by atoms with Crippen molar-refractivity contribution in [3.8, 4) is 0 Å². The van der Waals surface area contributed by atoms with E-state index in [4.69, 9.17) is 8.85 Å². The van der Waals surface area contributed by atoms with Gasteiger partial charge in [-0.1, -0.05) is 47.6 Å². The zero-order valence-corrected chi connectivity index (χ0v) is 22.0. The monoisotopic (exact) mass is 492 g/mol. The van der Waals surface area contributed by atoms with Gasteiger partial charge < -0.3 is 8.85 Å². The van der Waals surface area contributed by atoms with Crippen molar-refractivity contribution >= 4 is 39.2 Å². The second-order valence-corrected chi connectivity index (χ2v) is 20.9. The average molecular weight is 493 g/mol. The lowest BCUT2D eigenvalue weighted by atomic mass is 10.1. The van der Waals surface area contributed by atoms with Crippen molar-refractivity contribution in [2.75, 3.05) is 0 Å². The topological polar surface area (TPSA) is 18.5 Å². The Kier molecular flexibility index (Phi) is 7.59. The summed E-state index contributed by atoms with van der Waals surface area (Å²) in [6.45, 7) is 24.3. The highest BCUT2D eigenvalue weighted by Crippen LogP contribution is 2.38. The van der Waals surface area contributed by atoms with Crippen molar-refractivity contribution in [2.45, 2.75) is 91.0 Å². The summed E-state index contributed by atoms with van der Waals surface area (Å²) < 4.78 is 14.2. The first-order valence-corrected chi connectivity index (χ1v) is 16.0. The summed E-state index contributed by atoms with van der Waals surface area (Å²) in [7, 11) is -3.50. The van der Waals surface area contributed by atoms with Crippen LogP contribution in [0.5, 0.6) is 0 Å². The second-order valence-electron chi connectivity index (χ2n) is 10.0. The number of benzene rings is 1. The van der Waals surface area contributed by atoms with Gasteiger partial charge in [-0.15, -0.1) is 0 Å². The molecule has 0 atom stereocenters. The standard InChI is InChI=1S/C20H37IO2Si2/c1-19(2,3)24(7,8)22-14-16-11-12-18(21)13-17(16)15-23-25(9,10)20(4,5)6/h11-13H,14-15H2,1-10H3. The van der Waals surface area contributed by atoms with Gasteiger partial charge in [0.2, 0.25) is 0 Å². The summed E-state index contributed by atoms with van der Waals surface area (Å²) in [6.07, 6.45) is 0. The molecule has 0 aliphatic rings. The lowest BCUT2D eigenvalue weighted by Gasteiger charge is -2.37. The first kappa shape index (κ1) is 23.3. The molecule has 0 saturated carbocycles. The molecule has 25 heavy (non-hydrogen) atoms. The summed E-state index contributed by atoms with van der Waals surface area (Å²) >= 11 is 2.38. The molecule has 5 heteroatoms. The third-order valence-electron chi connectivity index (χ3n) is 5.96. The summed E-state index contributed by atoms with van der Waals surface area (Å²) in [4.78, 5) is 0. The predicted octanol–water partition coefficient (Wildman–Crippen LogP) is 7.33. The van der Waals surface area contributed by atoms with Gasteiger partial charge in [-0.3, -0.25) is 0 Å². The first-order valence-electron chi connectivity index (χ1n) is 9.12. The Bertz CT molecular complexity index is 584. The number of halogens is 1. The molecule has 0 spiro atoms. The van der Waals surface area contributed by atoms with Crippen LogP contribution in [0.4, 0.5) is 0 Å². The minimum absolute atomic E-state index is 0.229. The van der Waals surface area contributed by atoms with Crippen molar-refractivity contribution in [1.82, 2.24) is 0 Å². The Morgan fingerprint density at radius 3 is 1.56 bits per heavy atom. The molecule has 0 bridgehead atoms. The van der Waals surface area contributed by atoms with E-state index in [1.54, 1.807) is 0 Å². The van der Waals surface area contributed by atoms with Crippen LogP contribution in [0.1, 0.15) is 52.7 Å². The molecule has 144 valence electrons. The highest BCUT2D eigenvalue weighted by atomic mass is 127. The maximum absolute atomic E-state index is 6.47. The van der Waals surface area contributed by atoms with Gasteiger partial charge in [-0.25, -0.2) is 0 Å². The normalized spacial score (nSPS) is 14.0. The summed E-state index contributed by atoms with van der Waals surface area (Å²) in [6, 6.07) is 6.62. The molecule has 0 aromatic heterocycles. The molecule has 0 saturated heterocycles. The van der Waals surface area contributed by atoms with Crippen molar-refractivity contribution in [2.24, 2.45) is 0 Å². The van der Waals surface area contributed by atoms with Crippen LogP contribution in [-0.2, 0) is 22.1 Å². The van der Waals surface area contributed by atoms with Crippen LogP contribution < -0.4 is 0 Å². The lowest BCUT2D eigenvalue weighted by Crippen LogP contribution is -2.41. The van der Waals surface area contributed by atoms with Crippen molar-refractivity contribution in [1.29, 1.82) is 0 Å². The van der Waals surface area contributed by atoms with E-state index >= 15 is 0 Å². The summed E-state index contributed by atoms with van der Waals surface area (Å²) in [5.41, 5.74) is 2.54. The van der Waals surface area contributed by atoms with Gasteiger partial charge in [-0.2, -0.15) is 0 Å². The van der Waals surface area contributed by atoms with E-state index in [1.165, 1.54) is 14.7 Å². The summed E-state index contributed by atoms with van der Waals surface area (Å²) in [5, 5.41) is 0.459. The van der Waals surface area contributed by atoms with Crippen LogP contribution in [0.2, 0.25) is 36.3 Å². The van der Waals surface area contributed by atoms with Gasteiger partial charge in [-0.05, 0) is 82.1 Å². The molecular weight excluding hydrogens is 455 g/mol. The Hall–Kier alpha value is 0.304. The van der Waals surface area contributed by atoms with Gasteiger partial charge in [0.05, 0.1) is 13.2 Å². The van der Waals surface area contributed by atoms with E-state index in [9.17, 15) is 0 Å². The minimum Gasteiger partial charge on any atom is -0.413 e. The molecule has 1 aromatic carbocycles. The van der Waals surface area contributed by atoms with Gasteiger partial charge >= 0.3 is 0 Å². The van der Waals surface area contributed by atoms with E-state index in [0.29, 0.717) is 13.2 Å². The van der Waals surface area contributed by atoms with Gasteiger partial charge in [0.1, 0.15) is 0 Å². The summed E-state index contributed by atoms with van der Waals surface area (Å²) in [5.74, 6) is 0. The Morgan fingerprint density at radius 1 is 0.760 bits per heavy atom. The Morgan fingerprint density at radius 2 is 1.16 bits per heavy atom. The largest absolute Gasteiger partial charge is 0.413 e. The van der Waals surface area contributed by atoms with Crippen LogP contribution in [0, 0.1) is 3.57 Å². The van der Waals surface area contributed by atoms with Crippen LogP contribution in [0.25, 0.3) is 0 Å². The Balaban J connectivity index is 2.94. The average Bonchev–Trinajstić information content (AvgIpc) is 2.41. The number of hydrogen-bond acceptors (Lipinski definition) is 2. The van der Waals surface area contributed by atoms with Crippen LogP contribution in [0.15, 0.2) is 18.2 Å². The Labute approximate surface area is 171 Å². The zero-order chi connectivity index (χ0) is 19.7. The van der Waals surface area contributed by atoms with Crippen molar-refractivity contribution < 1.29 is 8.85 Å². The maximum Gasteiger partial charge on any atom is 0.192 e. The van der Waals surface area contributed by atoms with Gasteiger partial charge in [0.15, 0.2) is 16.6 Å².